The molecule has 2 aromatic carbocycles. The molecular formula is C18H21NOS. The molecule has 0 saturated heterocycles. The molecule has 2 rings (SSSR count). The maximum atomic E-state index is 12.0. The molecule has 0 fully saturated rings. The number of thioether (sulfide) groups is 1. The summed E-state index contributed by atoms with van der Waals surface area (Å²) >= 11 is 1.64. The first kappa shape index (κ1) is 15.6. The van der Waals surface area contributed by atoms with Gasteiger partial charge in [0.05, 0.1) is 5.75 Å². The molecule has 0 atom stereocenters. The van der Waals surface area contributed by atoms with Gasteiger partial charge in [0.25, 0.3) is 0 Å². The van der Waals surface area contributed by atoms with Crippen LogP contribution in [0.4, 0.5) is 5.69 Å². The highest BCUT2D eigenvalue weighted by atomic mass is 32.2. The Balaban J connectivity index is 1.81. The summed E-state index contributed by atoms with van der Waals surface area (Å²) in [5.74, 6) is 1.39. The van der Waals surface area contributed by atoms with E-state index >= 15 is 0 Å². The number of hydrogen-bond acceptors (Lipinski definition) is 2. The Bertz CT molecular complexity index is 620. The number of carbonyl (C=O) groups excluding carboxylic acids is 1. The van der Waals surface area contributed by atoms with E-state index in [1.807, 2.05) is 19.1 Å². The molecule has 0 radical (unpaired) electrons. The highest BCUT2D eigenvalue weighted by molar-refractivity contribution is 7.99. The van der Waals surface area contributed by atoms with E-state index in [1.165, 1.54) is 16.7 Å². The molecule has 2 aromatic rings. The summed E-state index contributed by atoms with van der Waals surface area (Å²) in [5.41, 5.74) is 5.73. The van der Waals surface area contributed by atoms with Gasteiger partial charge in [-0.1, -0.05) is 47.5 Å². The van der Waals surface area contributed by atoms with Crippen LogP contribution in [-0.2, 0) is 10.5 Å². The third-order valence-corrected chi connectivity index (χ3v) is 4.28. The molecule has 3 heteroatoms. The predicted molar refractivity (Wildman–Crippen MR) is 91.9 cm³/mol. The molecule has 21 heavy (non-hydrogen) atoms. The van der Waals surface area contributed by atoms with E-state index in [1.54, 1.807) is 11.8 Å². The minimum Gasteiger partial charge on any atom is -0.325 e. The topological polar surface area (TPSA) is 29.1 Å². The van der Waals surface area contributed by atoms with Crippen molar-refractivity contribution >= 4 is 23.4 Å². The van der Waals surface area contributed by atoms with Crippen LogP contribution >= 0.6 is 11.8 Å². The van der Waals surface area contributed by atoms with Gasteiger partial charge >= 0.3 is 0 Å². The average Bonchev–Trinajstić information content (AvgIpc) is 2.44. The Morgan fingerprint density at radius 3 is 2.33 bits per heavy atom. The van der Waals surface area contributed by atoms with Crippen molar-refractivity contribution in [1.29, 1.82) is 0 Å². The van der Waals surface area contributed by atoms with Crippen LogP contribution < -0.4 is 5.32 Å². The van der Waals surface area contributed by atoms with Crippen molar-refractivity contribution in [3.05, 3.63) is 64.7 Å². The van der Waals surface area contributed by atoms with E-state index in [0.29, 0.717) is 5.75 Å². The van der Waals surface area contributed by atoms with Crippen molar-refractivity contribution < 1.29 is 4.79 Å². The predicted octanol–water partition coefficient (Wildman–Crippen LogP) is 4.48. The number of carbonyl (C=O) groups is 1. The molecule has 110 valence electrons. The Kier molecular flexibility index (Phi) is 5.45. The molecule has 2 nitrogen and oxygen atoms in total. The molecule has 0 saturated carbocycles. The third kappa shape index (κ3) is 4.94. The van der Waals surface area contributed by atoms with Gasteiger partial charge in [0.15, 0.2) is 0 Å². The van der Waals surface area contributed by atoms with Crippen molar-refractivity contribution in [3.63, 3.8) is 0 Å². The first-order valence-corrected chi connectivity index (χ1v) is 8.20. The molecular weight excluding hydrogens is 278 g/mol. The van der Waals surface area contributed by atoms with Gasteiger partial charge < -0.3 is 5.32 Å². The van der Waals surface area contributed by atoms with Gasteiger partial charge in [-0.15, -0.1) is 11.8 Å². The second kappa shape index (κ2) is 7.32. The first-order chi connectivity index (χ1) is 10.0. The standard InChI is InChI=1S/C18H21NOS/c1-13-4-7-16(8-5-13)11-21-12-18(20)19-17-9-6-14(2)10-15(17)3/h4-10H,11-12H2,1-3H3,(H,19,20). The van der Waals surface area contributed by atoms with E-state index < -0.39 is 0 Å². The van der Waals surface area contributed by atoms with Crippen LogP contribution in [0.3, 0.4) is 0 Å². The molecule has 0 bridgehead atoms. The zero-order valence-electron chi connectivity index (χ0n) is 12.8. The Morgan fingerprint density at radius 1 is 1.00 bits per heavy atom. The minimum atomic E-state index is 0.0547. The second-order valence-corrected chi connectivity index (χ2v) is 6.33. The highest BCUT2D eigenvalue weighted by Crippen LogP contribution is 2.17. The van der Waals surface area contributed by atoms with Gasteiger partial charge in [-0.25, -0.2) is 0 Å². The Morgan fingerprint density at radius 2 is 1.67 bits per heavy atom. The summed E-state index contributed by atoms with van der Waals surface area (Å²) < 4.78 is 0. The van der Waals surface area contributed by atoms with E-state index in [-0.39, 0.29) is 5.91 Å². The summed E-state index contributed by atoms with van der Waals surface area (Å²) in [6, 6.07) is 14.5. The smallest absolute Gasteiger partial charge is 0.234 e. The molecule has 0 aromatic heterocycles. The molecule has 0 spiro atoms. The summed E-state index contributed by atoms with van der Waals surface area (Å²) in [6.07, 6.45) is 0. The lowest BCUT2D eigenvalue weighted by molar-refractivity contribution is -0.113. The van der Waals surface area contributed by atoms with Gasteiger partial charge in [-0.05, 0) is 38.0 Å². The number of aryl methyl sites for hydroxylation is 3. The number of hydrogen-bond donors (Lipinski definition) is 1. The van der Waals surface area contributed by atoms with Gasteiger partial charge in [-0.3, -0.25) is 4.79 Å². The molecule has 0 aliphatic carbocycles. The van der Waals surface area contributed by atoms with Crippen LogP contribution in [0.25, 0.3) is 0 Å². The summed E-state index contributed by atoms with van der Waals surface area (Å²) in [6.45, 7) is 6.15. The normalized spacial score (nSPS) is 10.4. The molecule has 1 amide bonds. The zero-order valence-corrected chi connectivity index (χ0v) is 13.6. The number of amides is 1. The fourth-order valence-corrected chi connectivity index (χ4v) is 2.87. The Labute approximate surface area is 131 Å². The highest BCUT2D eigenvalue weighted by Gasteiger charge is 2.05. The van der Waals surface area contributed by atoms with Crippen LogP contribution in [0.15, 0.2) is 42.5 Å². The summed E-state index contributed by atoms with van der Waals surface area (Å²) in [7, 11) is 0. The average molecular weight is 299 g/mol. The second-order valence-electron chi connectivity index (χ2n) is 5.34. The number of benzene rings is 2. The van der Waals surface area contributed by atoms with Crippen molar-refractivity contribution in [1.82, 2.24) is 0 Å². The molecule has 0 aliphatic heterocycles. The lowest BCUT2D eigenvalue weighted by Crippen LogP contribution is -2.15. The minimum absolute atomic E-state index is 0.0547. The zero-order chi connectivity index (χ0) is 15.2. The Hall–Kier alpha value is -1.74. The van der Waals surface area contributed by atoms with E-state index in [2.05, 4.69) is 49.5 Å². The van der Waals surface area contributed by atoms with Crippen LogP contribution in [-0.4, -0.2) is 11.7 Å². The number of nitrogens with one attached hydrogen (secondary N) is 1. The monoisotopic (exact) mass is 299 g/mol. The lowest BCUT2D eigenvalue weighted by Gasteiger charge is -2.09. The van der Waals surface area contributed by atoms with Crippen molar-refractivity contribution in [2.24, 2.45) is 0 Å². The fraction of sp³-hybridized carbons (Fsp3) is 0.278. The summed E-state index contributed by atoms with van der Waals surface area (Å²) in [4.78, 5) is 12.0. The lowest BCUT2D eigenvalue weighted by atomic mass is 10.1. The largest absolute Gasteiger partial charge is 0.325 e. The van der Waals surface area contributed by atoms with Crippen molar-refractivity contribution in [2.75, 3.05) is 11.1 Å². The third-order valence-electron chi connectivity index (χ3n) is 3.28. The van der Waals surface area contributed by atoms with Gasteiger partial charge in [0.2, 0.25) is 5.91 Å². The van der Waals surface area contributed by atoms with Crippen molar-refractivity contribution in [2.45, 2.75) is 26.5 Å². The number of anilines is 1. The molecule has 0 heterocycles. The van der Waals surface area contributed by atoms with Crippen LogP contribution in [0.1, 0.15) is 22.3 Å². The van der Waals surface area contributed by atoms with Crippen LogP contribution in [0.2, 0.25) is 0 Å². The van der Waals surface area contributed by atoms with E-state index in [4.69, 9.17) is 0 Å². The maximum absolute atomic E-state index is 12.0. The van der Waals surface area contributed by atoms with Gasteiger partial charge in [-0.2, -0.15) is 0 Å². The number of rotatable bonds is 5. The van der Waals surface area contributed by atoms with Crippen LogP contribution in [0, 0.1) is 20.8 Å². The summed E-state index contributed by atoms with van der Waals surface area (Å²) in [5, 5.41) is 2.97. The SMILES string of the molecule is Cc1ccc(CSCC(=O)Nc2ccc(C)cc2C)cc1. The first-order valence-electron chi connectivity index (χ1n) is 7.05. The molecule has 0 unspecified atom stereocenters. The van der Waals surface area contributed by atoms with E-state index in [0.717, 1.165) is 17.0 Å². The van der Waals surface area contributed by atoms with Crippen LogP contribution in [0.5, 0.6) is 0 Å². The van der Waals surface area contributed by atoms with E-state index in [9.17, 15) is 4.79 Å². The quantitative estimate of drug-likeness (QED) is 0.881. The van der Waals surface area contributed by atoms with Crippen molar-refractivity contribution in [3.8, 4) is 0 Å². The van der Waals surface area contributed by atoms with Gasteiger partial charge in [0.1, 0.15) is 0 Å². The molecule has 1 N–H and O–H groups in total. The molecule has 0 aliphatic rings. The maximum Gasteiger partial charge on any atom is 0.234 e. The van der Waals surface area contributed by atoms with Gasteiger partial charge in [0, 0.05) is 11.4 Å². The fourth-order valence-electron chi connectivity index (χ4n) is 2.09.